The van der Waals surface area contributed by atoms with E-state index in [9.17, 15) is 4.79 Å². The van der Waals surface area contributed by atoms with Gasteiger partial charge in [-0.3, -0.25) is 4.79 Å². The zero-order valence-electron chi connectivity index (χ0n) is 9.82. The van der Waals surface area contributed by atoms with E-state index in [1.165, 1.54) is 5.56 Å². The van der Waals surface area contributed by atoms with Crippen LogP contribution in [0.2, 0.25) is 0 Å². The summed E-state index contributed by atoms with van der Waals surface area (Å²) in [7, 11) is 0. The third-order valence-electron chi connectivity index (χ3n) is 2.85. The Hall–Kier alpha value is -1.39. The molecule has 2 N–H and O–H groups in total. The molecule has 0 unspecified atom stereocenters. The first-order valence-corrected chi connectivity index (χ1v) is 5.98. The lowest BCUT2D eigenvalue weighted by Gasteiger charge is -2.24. The molecule has 0 amide bonds. The van der Waals surface area contributed by atoms with E-state index in [1.54, 1.807) is 0 Å². The molecule has 4 heteroatoms. The molecule has 0 spiro atoms. The molecule has 1 fully saturated rings. The summed E-state index contributed by atoms with van der Waals surface area (Å²) in [6.07, 6.45) is 1.77. The number of carbonyl (C=O) groups excluding carboxylic acids is 1. The molecule has 0 aliphatic carbocycles. The van der Waals surface area contributed by atoms with E-state index in [0.717, 1.165) is 38.1 Å². The van der Waals surface area contributed by atoms with Gasteiger partial charge in [-0.25, -0.2) is 0 Å². The maximum absolute atomic E-state index is 10.2. The van der Waals surface area contributed by atoms with Crippen LogP contribution in [0.4, 0.5) is 0 Å². The third-order valence-corrected chi connectivity index (χ3v) is 2.85. The van der Waals surface area contributed by atoms with Crippen molar-refractivity contribution in [3.8, 4) is 5.75 Å². The Morgan fingerprint density at radius 1 is 1.29 bits per heavy atom. The average Bonchev–Trinajstić information content (AvgIpc) is 2.39. The highest BCUT2D eigenvalue weighted by molar-refractivity contribution is 5.51. The fourth-order valence-electron chi connectivity index (χ4n) is 1.99. The van der Waals surface area contributed by atoms with Crippen LogP contribution in [0.3, 0.4) is 0 Å². The average molecular weight is 234 g/mol. The van der Waals surface area contributed by atoms with Crippen molar-refractivity contribution in [2.45, 2.75) is 12.5 Å². The highest BCUT2D eigenvalue weighted by Crippen LogP contribution is 2.13. The molecule has 0 bridgehead atoms. The summed E-state index contributed by atoms with van der Waals surface area (Å²) in [4.78, 5) is 10.2. The Bertz CT molecular complexity index is 345. The quantitative estimate of drug-likeness (QED) is 0.723. The number of hydrogen-bond donors (Lipinski definition) is 2. The van der Waals surface area contributed by atoms with Gasteiger partial charge in [-0.1, -0.05) is 12.1 Å². The highest BCUT2D eigenvalue weighted by Gasteiger charge is 2.12. The van der Waals surface area contributed by atoms with E-state index < -0.39 is 0 Å². The minimum Gasteiger partial charge on any atom is -0.486 e. The summed E-state index contributed by atoms with van der Waals surface area (Å²) in [5.74, 6) is 0.746. The summed E-state index contributed by atoms with van der Waals surface area (Å²) < 4.78 is 5.20. The highest BCUT2D eigenvalue weighted by atomic mass is 16.5. The second-order valence-corrected chi connectivity index (χ2v) is 4.18. The molecule has 1 aliphatic heterocycles. The van der Waals surface area contributed by atoms with Crippen molar-refractivity contribution in [3.63, 3.8) is 0 Å². The van der Waals surface area contributed by atoms with Crippen LogP contribution >= 0.6 is 0 Å². The maximum Gasteiger partial charge on any atom is 0.157 e. The summed E-state index contributed by atoms with van der Waals surface area (Å²) in [6.45, 7) is 3.22. The Morgan fingerprint density at radius 2 is 2.12 bits per heavy atom. The van der Waals surface area contributed by atoms with Gasteiger partial charge in [0.25, 0.3) is 0 Å². The van der Waals surface area contributed by atoms with E-state index in [0.29, 0.717) is 6.04 Å². The van der Waals surface area contributed by atoms with Crippen molar-refractivity contribution in [1.29, 1.82) is 0 Å². The van der Waals surface area contributed by atoms with Gasteiger partial charge in [-0.05, 0) is 24.1 Å². The Balaban J connectivity index is 1.86. The molecule has 4 nitrogen and oxygen atoms in total. The first-order chi connectivity index (χ1) is 8.38. The van der Waals surface area contributed by atoms with Gasteiger partial charge < -0.3 is 15.4 Å². The molecule has 1 saturated heterocycles. The van der Waals surface area contributed by atoms with Crippen molar-refractivity contribution >= 4 is 6.29 Å². The number of ether oxygens (including phenoxy) is 1. The van der Waals surface area contributed by atoms with Gasteiger partial charge in [0, 0.05) is 25.7 Å². The van der Waals surface area contributed by atoms with Crippen LogP contribution in [0, 0.1) is 0 Å². The number of carbonyl (C=O) groups is 1. The summed E-state index contributed by atoms with van der Waals surface area (Å²) >= 11 is 0. The van der Waals surface area contributed by atoms with E-state index in [-0.39, 0.29) is 6.61 Å². The topological polar surface area (TPSA) is 50.4 Å². The Morgan fingerprint density at radius 3 is 2.76 bits per heavy atom. The van der Waals surface area contributed by atoms with Gasteiger partial charge >= 0.3 is 0 Å². The van der Waals surface area contributed by atoms with Crippen molar-refractivity contribution in [2.75, 3.05) is 26.2 Å². The number of rotatable bonds is 5. The number of aldehydes is 1. The molecule has 1 heterocycles. The maximum atomic E-state index is 10.2. The largest absolute Gasteiger partial charge is 0.486 e. The first kappa shape index (κ1) is 12.1. The van der Waals surface area contributed by atoms with Gasteiger partial charge in [0.15, 0.2) is 6.29 Å². The van der Waals surface area contributed by atoms with Crippen LogP contribution in [0.5, 0.6) is 5.75 Å². The first-order valence-electron chi connectivity index (χ1n) is 5.98. The normalized spacial score (nSPS) is 19.9. The minimum atomic E-state index is 0.118. The third kappa shape index (κ3) is 3.84. The molecule has 0 saturated carbocycles. The molecule has 1 atom stereocenters. The molecule has 0 aromatic heterocycles. The van der Waals surface area contributed by atoms with Gasteiger partial charge in [0.05, 0.1) is 0 Å². The van der Waals surface area contributed by atoms with Gasteiger partial charge in [0.2, 0.25) is 0 Å². The summed E-state index contributed by atoms with van der Waals surface area (Å²) in [5, 5.41) is 6.84. The fourth-order valence-corrected chi connectivity index (χ4v) is 1.99. The fraction of sp³-hybridized carbons (Fsp3) is 0.462. The van der Waals surface area contributed by atoms with Crippen molar-refractivity contribution in [1.82, 2.24) is 10.6 Å². The molecular weight excluding hydrogens is 216 g/mol. The molecular formula is C13H18N2O2. The van der Waals surface area contributed by atoms with Crippen LogP contribution < -0.4 is 15.4 Å². The predicted molar refractivity (Wildman–Crippen MR) is 66.4 cm³/mol. The van der Waals surface area contributed by atoms with Crippen LogP contribution in [-0.4, -0.2) is 38.6 Å². The van der Waals surface area contributed by atoms with Gasteiger partial charge in [0.1, 0.15) is 12.4 Å². The van der Waals surface area contributed by atoms with Crippen molar-refractivity contribution in [2.24, 2.45) is 0 Å². The monoisotopic (exact) mass is 234 g/mol. The number of piperazine rings is 1. The Labute approximate surface area is 101 Å². The van der Waals surface area contributed by atoms with Crippen LogP contribution in [0.1, 0.15) is 5.56 Å². The van der Waals surface area contributed by atoms with Crippen LogP contribution in [0.25, 0.3) is 0 Å². The Kier molecular flexibility index (Phi) is 4.53. The van der Waals surface area contributed by atoms with E-state index in [4.69, 9.17) is 4.74 Å². The zero-order valence-corrected chi connectivity index (χ0v) is 9.82. The standard InChI is InChI=1S/C13H18N2O2/c16-7-8-17-13-3-1-11(2-4-13)9-12-10-14-5-6-15-12/h1-4,7,12,14-15H,5-6,8-10H2/t12-/m1/s1. The molecule has 17 heavy (non-hydrogen) atoms. The van der Waals surface area contributed by atoms with Crippen molar-refractivity contribution in [3.05, 3.63) is 29.8 Å². The molecule has 0 radical (unpaired) electrons. The number of hydrogen-bond acceptors (Lipinski definition) is 4. The second kappa shape index (κ2) is 6.37. The summed E-state index contributed by atoms with van der Waals surface area (Å²) in [5.41, 5.74) is 1.28. The van der Waals surface area contributed by atoms with E-state index in [2.05, 4.69) is 22.8 Å². The van der Waals surface area contributed by atoms with Crippen LogP contribution in [-0.2, 0) is 11.2 Å². The molecule has 1 aromatic rings. The lowest BCUT2D eigenvalue weighted by Crippen LogP contribution is -2.49. The molecule has 1 aliphatic rings. The SMILES string of the molecule is O=CCOc1ccc(C[C@@H]2CNCCN2)cc1. The molecule has 92 valence electrons. The number of nitrogens with one attached hydrogen (secondary N) is 2. The smallest absolute Gasteiger partial charge is 0.157 e. The lowest BCUT2D eigenvalue weighted by atomic mass is 10.0. The zero-order chi connectivity index (χ0) is 11.9. The van der Waals surface area contributed by atoms with Crippen molar-refractivity contribution < 1.29 is 9.53 Å². The minimum absolute atomic E-state index is 0.118. The van der Waals surface area contributed by atoms with E-state index >= 15 is 0 Å². The number of benzene rings is 1. The molecule has 1 aromatic carbocycles. The summed E-state index contributed by atoms with van der Waals surface area (Å²) in [6, 6.07) is 8.43. The predicted octanol–water partition coefficient (Wildman–Crippen LogP) is 0.368. The molecule has 2 rings (SSSR count). The lowest BCUT2D eigenvalue weighted by molar-refractivity contribution is -0.109. The second-order valence-electron chi connectivity index (χ2n) is 4.18. The van der Waals surface area contributed by atoms with Gasteiger partial charge in [-0.15, -0.1) is 0 Å². The van der Waals surface area contributed by atoms with E-state index in [1.807, 2.05) is 12.1 Å². The van der Waals surface area contributed by atoms with Gasteiger partial charge in [-0.2, -0.15) is 0 Å². The van der Waals surface area contributed by atoms with Crippen LogP contribution in [0.15, 0.2) is 24.3 Å².